The molecule has 0 aromatic carbocycles. The standard InChI is InChI=1S/C11H16N2S/c12-6-9-11(8-3-4-8)13-10(14-9)5-7-1-2-7/h7-8H,1-6,12H2. The Balaban J connectivity index is 1.82. The zero-order valence-corrected chi connectivity index (χ0v) is 9.15. The van der Waals surface area contributed by atoms with Crippen molar-refractivity contribution in [3.8, 4) is 0 Å². The molecule has 1 aromatic rings. The van der Waals surface area contributed by atoms with E-state index in [2.05, 4.69) is 0 Å². The van der Waals surface area contributed by atoms with Crippen LogP contribution in [0.3, 0.4) is 0 Å². The van der Waals surface area contributed by atoms with Crippen molar-refractivity contribution in [2.45, 2.75) is 44.6 Å². The number of thiazole rings is 1. The van der Waals surface area contributed by atoms with E-state index in [9.17, 15) is 0 Å². The van der Waals surface area contributed by atoms with Gasteiger partial charge in [0.1, 0.15) is 0 Å². The molecule has 0 saturated heterocycles. The Morgan fingerprint density at radius 3 is 2.64 bits per heavy atom. The van der Waals surface area contributed by atoms with Crippen LogP contribution in [0.4, 0.5) is 0 Å². The van der Waals surface area contributed by atoms with Crippen molar-refractivity contribution in [3.05, 3.63) is 15.6 Å². The molecule has 0 atom stereocenters. The molecule has 2 aliphatic carbocycles. The maximum atomic E-state index is 5.75. The summed E-state index contributed by atoms with van der Waals surface area (Å²) in [6, 6.07) is 0. The highest BCUT2D eigenvalue weighted by Crippen LogP contribution is 2.43. The quantitative estimate of drug-likeness (QED) is 0.825. The van der Waals surface area contributed by atoms with E-state index in [4.69, 9.17) is 10.7 Å². The molecule has 0 radical (unpaired) electrons. The molecular weight excluding hydrogens is 192 g/mol. The van der Waals surface area contributed by atoms with Gasteiger partial charge in [0, 0.05) is 23.8 Å². The van der Waals surface area contributed by atoms with E-state index in [1.165, 1.54) is 47.7 Å². The molecule has 3 rings (SSSR count). The van der Waals surface area contributed by atoms with Crippen molar-refractivity contribution >= 4 is 11.3 Å². The van der Waals surface area contributed by atoms with E-state index in [0.717, 1.165) is 11.8 Å². The van der Waals surface area contributed by atoms with E-state index in [0.29, 0.717) is 6.54 Å². The highest BCUT2D eigenvalue weighted by atomic mass is 32.1. The second kappa shape index (κ2) is 3.31. The minimum Gasteiger partial charge on any atom is -0.326 e. The first-order chi connectivity index (χ1) is 6.86. The Morgan fingerprint density at radius 1 is 1.29 bits per heavy atom. The number of rotatable bonds is 4. The van der Waals surface area contributed by atoms with Crippen molar-refractivity contribution in [3.63, 3.8) is 0 Å². The third-order valence-corrected chi connectivity index (χ3v) is 4.20. The third-order valence-electron chi connectivity index (χ3n) is 3.08. The minimum atomic E-state index is 0.689. The molecule has 2 nitrogen and oxygen atoms in total. The Morgan fingerprint density at radius 2 is 2.07 bits per heavy atom. The lowest BCUT2D eigenvalue weighted by Gasteiger charge is -1.93. The van der Waals surface area contributed by atoms with Crippen LogP contribution in [0.25, 0.3) is 0 Å². The van der Waals surface area contributed by atoms with Crippen LogP contribution in [0.2, 0.25) is 0 Å². The van der Waals surface area contributed by atoms with Gasteiger partial charge in [-0.1, -0.05) is 0 Å². The molecule has 0 bridgehead atoms. The number of hydrogen-bond donors (Lipinski definition) is 1. The van der Waals surface area contributed by atoms with Crippen molar-refractivity contribution in [2.75, 3.05) is 0 Å². The zero-order chi connectivity index (χ0) is 9.54. The molecule has 14 heavy (non-hydrogen) atoms. The van der Waals surface area contributed by atoms with Crippen molar-refractivity contribution in [1.29, 1.82) is 0 Å². The first-order valence-electron chi connectivity index (χ1n) is 5.55. The van der Waals surface area contributed by atoms with Gasteiger partial charge in [0.25, 0.3) is 0 Å². The molecule has 0 amide bonds. The summed E-state index contributed by atoms with van der Waals surface area (Å²) in [5.41, 5.74) is 7.09. The van der Waals surface area contributed by atoms with Crippen LogP contribution in [0.5, 0.6) is 0 Å². The van der Waals surface area contributed by atoms with Gasteiger partial charge in [-0.25, -0.2) is 4.98 Å². The fourth-order valence-corrected chi connectivity index (χ4v) is 3.04. The summed E-state index contributed by atoms with van der Waals surface area (Å²) >= 11 is 1.86. The van der Waals surface area contributed by atoms with E-state index >= 15 is 0 Å². The normalized spacial score (nSPS) is 21.5. The minimum absolute atomic E-state index is 0.689. The molecule has 2 fully saturated rings. The molecule has 0 aliphatic heterocycles. The summed E-state index contributed by atoms with van der Waals surface area (Å²) in [4.78, 5) is 6.11. The van der Waals surface area contributed by atoms with Crippen molar-refractivity contribution in [1.82, 2.24) is 4.98 Å². The van der Waals surface area contributed by atoms with Gasteiger partial charge in [-0.15, -0.1) is 11.3 Å². The largest absolute Gasteiger partial charge is 0.326 e. The second-order valence-electron chi connectivity index (χ2n) is 4.54. The predicted octanol–water partition coefficient (Wildman–Crippen LogP) is 2.43. The molecule has 1 aromatic heterocycles. The lowest BCUT2D eigenvalue weighted by Crippen LogP contribution is -1.96. The number of aromatic nitrogens is 1. The fourth-order valence-electron chi connectivity index (χ4n) is 1.89. The maximum Gasteiger partial charge on any atom is 0.0934 e. The molecule has 1 heterocycles. The van der Waals surface area contributed by atoms with Gasteiger partial charge in [0.2, 0.25) is 0 Å². The number of nitrogens with two attached hydrogens (primary N) is 1. The molecule has 76 valence electrons. The molecule has 2 saturated carbocycles. The summed E-state index contributed by atoms with van der Waals surface area (Å²) in [5.74, 6) is 1.71. The Hall–Kier alpha value is -0.410. The average Bonchev–Trinajstić information content (AvgIpc) is 3.05. The van der Waals surface area contributed by atoms with Gasteiger partial charge < -0.3 is 5.73 Å². The van der Waals surface area contributed by atoms with E-state index in [-0.39, 0.29) is 0 Å². The maximum absolute atomic E-state index is 5.75. The van der Waals surface area contributed by atoms with Crippen LogP contribution in [0.15, 0.2) is 0 Å². The van der Waals surface area contributed by atoms with Crippen molar-refractivity contribution < 1.29 is 0 Å². The lowest BCUT2D eigenvalue weighted by atomic mass is 10.2. The molecule has 0 unspecified atom stereocenters. The van der Waals surface area contributed by atoms with Gasteiger partial charge in [0.05, 0.1) is 10.7 Å². The van der Waals surface area contributed by atoms with E-state index in [1.54, 1.807) is 0 Å². The molecular formula is C11H16N2S. The summed E-state index contributed by atoms with van der Waals surface area (Å²) in [6.07, 6.45) is 6.70. The molecule has 0 spiro atoms. The molecule has 2 N–H and O–H groups in total. The smallest absolute Gasteiger partial charge is 0.0934 e. The van der Waals surface area contributed by atoms with E-state index in [1.807, 2.05) is 11.3 Å². The first-order valence-corrected chi connectivity index (χ1v) is 6.37. The topological polar surface area (TPSA) is 38.9 Å². The Kier molecular flexibility index (Phi) is 2.10. The highest BCUT2D eigenvalue weighted by Gasteiger charge is 2.30. The Labute approximate surface area is 88.5 Å². The van der Waals surface area contributed by atoms with Gasteiger partial charge >= 0.3 is 0 Å². The summed E-state index contributed by atoms with van der Waals surface area (Å²) < 4.78 is 0. The summed E-state index contributed by atoms with van der Waals surface area (Å²) in [7, 11) is 0. The average molecular weight is 208 g/mol. The van der Waals surface area contributed by atoms with Crippen LogP contribution < -0.4 is 5.73 Å². The van der Waals surface area contributed by atoms with Gasteiger partial charge in [-0.2, -0.15) is 0 Å². The molecule has 3 heteroatoms. The Bertz CT molecular complexity index is 337. The third kappa shape index (κ3) is 1.71. The van der Waals surface area contributed by atoms with Crippen LogP contribution in [0.1, 0.15) is 47.2 Å². The lowest BCUT2D eigenvalue weighted by molar-refractivity contribution is 0.814. The highest BCUT2D eigenvalue weighted by molar-refractivity contribution is 7.11. The zero-order valence-electron chi connectivity index (χ0n) is 8.33. The fraction of sp³-hybridized carbons (Fsp3) is 0.727. The van der Waals surface area contributed by atoms with Crippen molar-refractivity contribution in [2.24, 2.45) is 11.7 Å². The van der Waals surface area contributed by atoms with Gasteiger partial charge in [-0.05, 0) is 31.6 Å². The molecule has 2 aliphatic rings. The van der Waals surface area contributed by atoms with Crippen LogP contribution in [-0.2, 0) is 13.0 Å². The van der Waals surface area contributed by atoms with E-state index < -0.39 is 0 Å². The van der Waals surface area contributed by atoms with Gasteiger partial charge in [0.15, 0.2) is 0 Å². The van der Waals surface area contributed by atoms with Gasteiger partial charge in [-0.3, -0.25) is 0 Å². The van der Waals surface area contributed by atoms with Crippen LogP contribution in [0, 0.1) is 5.92 Å². The van der Waals surface area contributed by atoms with Crippen LogP contribution >= 0.6 is 11.3 Å². The second-order valence-corrected chi connectivity index (χ2v) is 5.71. The number of nitrogens with zero attached hydrogens (tertiary/aromatic N) is 1. The number of hydrogen-bond acceptors (Lipinski definition) is 3. The van der Waals surface area contributed by atoms with Crippen LogP contribution in [-0.4, -0.2) is 4.98 Å². The first kappa shape index (κ1) is 8.86. The summed E-state index contributed by atoms with van der Waals surface area (Å²) in [5, 5.41) is 1.34. The summed E-state index contributed by atoms with van der Waals surface area (Å²) in [6.45, 7) is 0.689. The predicted molar refractivity (Wildman–Crippen MR) is 58.4 cm³/mol. The monoisotopic (exact) mass is 208 g/mol. The SMILES string of the molecule is NCc1sc(CC2CC2)nc1C1CC1.